The molecular weight excluding hydrogens is 186 g/mol. The molecule has 1 aliphatic carbocycles. The van der Waals surface area contributed by atoms with Crippen molar-refractivity contribution < 1.29 is 5.11 Å². The monoisotopic (exact) mass is 211 g/mol. The second-order valence-corrected chi connectivity index (χ2v) is 5.48. The molecule has 0 aromatic rings. The molecule has 2 rings (SSSR count). The first-order valence-corrected chi connectivity index (χ1v) is 6.70. The molecule has 2 nitrogen and oxygen atoms in total. The Morgan fingerprint density at radius 2 is 2.13 bits per heavy atom. The molecule has 1 aliphatic heterocycles. The van der Waals surface area contributed by atoms with E-state index in [0.717, 1.165) is 25.3 Å². The van der Waals surface area contributed by atoms with E-state index in [4.69, 9.17) is 0 Å². The van der Waals surface area contributed by atoms with Gasteiger partial charge < -0.3 is 10.4 Å². The summed E-state index contributed by atoms with van der Waals surface area (Å²) >= 11 is 0. The molecule has 0 aromatic carbocycles. The molecular formula is C13H25NO. The normalized spacial score (nSPS) is 42.8. The van der Waals surface area contributed by atoms with Gasteiger partial charge in [0.2, 0.25) is 0 Å². The number of nitrogens with one attached hydrogen (secondary N) is 1. The molecule has 88 valence electrons. The molecule has 2 N–H and O–H groups in total. The highest BCUT2D eigenvalue weighted by atomic mass is 16.3. The van der Waals surface area contributed by atoms with Crippen LogP contribution < -0.4 is 5.32 Å². The lowest BCUT2D eigenvalue weighted by atomic mass is 9.88. The van der Waals surface area contributed by atoms with Gasteiger partial charge in [-0.25, -0.2) is 0 Å². The van der Waals surface area contributed by atoms with Crippen molar-refractivity contribution >= 4 is 0 Å². The first-order chi connectivity index (χ1) is 7.24. The third kappa shape index (κ3) is 2.54. The number of hydrogen-bond donors (Lipinski definition) is 2. The predicted molar refractivity (Wildman–Crippen MR) is 62.8 cm³/mol. The smallest absolute Gasteiger partial charge is 0.0802 e. The van der Waals surface area contributed by atoms with Gasteiger partial charge in [0, 0.05) is 6.04 Å². The van der Waals surface area contributed by atoms with Crippen LogP contribution >= 0.6 is 0 Å². The van der Waals surface area contributed by atoms with Gasteiger partial charge in [0.1, 0.15) is 0 Å². The third-order valence-corrected chi connectivity index (χ3v) is 4.41. The van der Waals surface area contributed by atoms with Gasteiger partial charge in [-0.2, -0.15) is 0 Å². The van der Waals surface area contributed by atoms with Gasteiger partial charge in [0.25, 0.3) is 0 Å². The fraction of sp³-hybridized carbons (Fsp3) is 1.00. The minimum Gasteiger partial charge on any atom is -0.388 e. The lowest BCUT2D eigenvalue weighted by Gasteiger charge is -2.33. The van der Waals surface area contributed by atoms with Crippen LogP contribution in [0.3, 0.4) is 0 Å². The zero-order chi connectivity index (χ0) is 10.7. The fourth-order valence-corrected chi connectivity index (χ4v) is 3.31. The predicted octanol–water partition coefficient (Wildman–Crippen LogP) is 2.46. The molecule has 3 atom stereocenters. The maximum atomic E-state index is 10.7. The summed E-state index contributed by atoms with van der Waals surface area (Å²) in [5.41, 5.74) is -0.384. The van der Waals surface area contributed by atoms with Crippen LogP contribution in [-0.2, 0) is 0 Å². The molecule has 0 aromatic heterocycles. The molecule has 2 fully saturated rings. The van der Waals surface area contributed by atoms with Crippen LogP contribution in [0.1, 0.15) is 58.3 Å². The summed E-state index contributed by atoms with van der Waals surface area (Å²) in [7, 11) is 0. The van der Waals surface area contributed by atoms with Crippen LogP contribution in [-0.4, -0.2) is 23.3 Å². The van der Waals surface area contributed by atoms with E-state index >= 15 is 0 Å². The summed E-state index contributed by atoms with van der Waals surface area (Å²) in [5, 5.41) is 14.2. The van der Waals surface area contributed by atoms with Crippen LogP contribution in [0.15, 0.2) is 0 Å². The molecule has 0 bridgehead atoms. The summed E-state index contributed by atoms with van der Waals surface area (Å²) in [6.07, 6.45) is 9.58. The Bertz CT molecular complexity index is 199. The topological polar surface area (TPSA) is 32.3 Å². The van der Waals surface area contributed by atoms with E-state index in [0.29, 0.717) is 6.04 Å². The Balaban J connectivity index is 1.95. The van der Waals surface area contributed by atoms with Gasteiger partial charge in [0.15, 0.2) is 0 Å². The van der Waals surface area contributed by atoms with Crippen molar-refractivity contribution in [1.29, 1.82) is 0 Å². The maximum absolute atomic E-state index is 10.7. The van der Waals surface area contributed by atoms with Crippen molar-refractivity contribution in [2.45, 2.75) is 69.9 Å². The van der Waals surface area contributed by atoms with Crippen LogP contribution in [0.4, 0.5) is 0 Å². The van der Waals surface area contributed by atoms with Crippen LogP contribution in [0.2, 0.25) is 0 Å². The molecule has 0 radical (unpaired) electrons. The lowest BCUT2D eigenvalue weighted by molar-refractivity contribution is 0.00279. The van der Waals surface area contributed by atoms with E-state index in [1.807, 2.05) is 0 Å². The standard InChI is InChI=1S/C13H25NO/c1-2-11-7-8-13(15,10-11)12-6-4-3-5-9-14-12/h11-12,14-15H,2-10H2,1H3. The SMILES string of the molecule is CCC1CCC(O)(C2CCCCCN2)C1. The first-order valence-electron chi connectivity index (χ1n) is 6.70. The molecule has 2 aliphatic rings. The zero-order valence-corrected chi connectivity index (χ0v) is 9.97. The zero-order valence-electron chi connectivity index (χ0n) is 9.97. The minimum absolute atomic E-state index is 0.372. The van der Waals surface area contributed by atoms with Crippen molar-refractivity contribution in [3.63, 3.8) is 0 Å². The average molecular weight is 211 g/mol. The molecule has 0 amide bonds. The van der Waals surface area contributed by atoms with E-state index in [1.54, 1.807) is 0 Å². The fourth-order valence-electron chi connectivity index (χ4n) is 3.31. The van der Waals surface area contributed by atoms with Gasteiger partial charge in [0.05, 0.1) is 5.60 Å². The molecule has 3 unspecified atom stereocenters. The molecule has 15 heavy (non-hydrogen) atoms. The van der Waals surface area contributed by atoms with Crippen LogP contribution in [0, 0.1) is 5.92 Å². The Morgan fingerprint density at radius 1 is 1.27 bits per heavy atom. The molecule has 1 heterocycles. The third-order valence-electron chi connectivity index (χ3n) is 4.41. The quantitative estimate of drug-likeness (QED) is 0.735. The van der Waals surface area contributed by atoms with Crippen LogP contribution in [0.25, 0.3) is 0 Å². The second-order valence-electron chi connectivity index (χ2n) is 5.48. The Morgan fingerprint density at radius 3 is 2.87 bits per heavy atom. The minimum atomic E-state index is -0.384. The Labute approximate surface area is 93.5 Å². The summed E-state index contributed by atoms with van der Waals surface area (Å²) in [5.74, 6) is 0.764. The highest BCUT2D eigenvalue weighted by molar-refractivity contribution is 4.98. The van der Waals surface area contributed by atoms with Crippen molar-refractivity contribution in [1.82, 2.24) is 5.32 Å². The van der Waals surface area contributed by atoms with E-state index in [-0.39, 0.29) is 5.60 Å². The largest absolute Gasteiger partial charge is 0.388 e. The molecule has 1 saturated carbocycles. The number of hydrogen-bond acceptors (Lipinski definition) is 2. The van der Waals surface area contributed by atoms with Crippen molar-refractivity contribution in [2.75, 3.05) is 6.54 Å². The molecule has 1 saturated heterocycles. The summed E-state index contributed by atoms with van der Waals surface area (Å²) in [4.78, 5) is 0. The van der Waals surface area contributed by atoms with Crippen molar-refractivity contribution in [3.8, 4) is 0 Å². The number of aliphatic hydroxyl groups is 1. The molecule has 2 heteroatoms. The summed E-state index contributed by atoms with van der Waals surface area (Å²) in [6, 6.07) is 0.372. The van der Waals surface area contributed by atoms with Gasteiger partial charge >= 0.3 is 0 Å². The molecule has 0 spiro atoms. The Kier molecular flexibility index (Phi) is 3.68. The van der Waals surface area contributed by atoms with E-state index in [1.165, 1.54) is 38.5 Å². The highest BCUT2D eigenvalue weighted by Crippen LogP contribution is 2.40. The number of rotatable bonds is 2. The van der Waals surface area contributed by atoms with E-state index in [2.05, 4.69) is 12.2 Å². The summed E-state index contributed by atoms with van der Waals surface area (Å²) in [6.45, 7) is 3.35. The highest BCUT2D eigenvalue weighted by Gasteiger charge is 2.42. The Hall–Kier alpha value is -0.0800. The van der Waals surface area contributed by atoms with Crippen molar-refractivity contribution in [3.05, 3.63) is 0 Å². The van der Waals surface area contributed by atoms with Gasteiger partial charge in [-0.3, -0.25) is 0 Å². The van der Waals surface area contributed by atoms with E-state index < -0.39 is 0 Å². The van der Waals surface area contributed by atoms with Gasteiger partial charge in [-0.1, -0.05) is 26.2 Å². The van der Waals surface area contributed by atoms with Gasteiger partial charge in [-0.15, -0.1) is 0 Å². The van der Waals surface area contributed by atoms with Crippen LogP contribution in [0.5, 0.6) is 0 Å². The lowest BCUT2D eigenvalue weighted by Crippen LogP contribution is -2.48. The van der Waals surface area contributed by atoms with Gasteiger partial charge in [-0.05, 0) is 44.6 Å². The average Bonchev–Trinajstić information content (AvgIpc) is 2.49. The maximum Gasteiger partial charge on any atom is 0.0802 e. The van der Waals surface area contributed by atoms with Crippen molar-refractivity contribution in [2.24, 2.45) is 5.92 Å². The first kappa shape index (κ1) is 11.4. The van der Waals surface area contributed by atoms with E-state index in [9.17, 15) is 5.11 Å². The second kappa shape index (κ2) is 4.84. The summed E-state index contributed by atoms with van der Waals surface area (Å²) < 4.78 is 0.